The first-order valence-corrected chi connectivity index (χ1v) is 7.45. The van der Waals surface area contributed by atoms with Gasteiger partial charge in [-0.05, 0) is 29.5 Å². The zero-order valence-corrected chi connectivity index (χ0v) is 12.9. The summed E-state index contributed by atoms with van der Waals surface area (Å²) in [5, 5.41) is 23.5. The largest absolute Gasteiger partial charge is 0.494 e. The molecule has 1 aliphatic rings. The van der Waals surface area contributed by atoms with Crippen molar-refractivity contribution >= 4 is 34.8 Å². The van der Waals surface area contributed by atoms with Crippen molar-refractivity contribution in [2.45, 2.75) is 0 Å². The van der Waals surface area contributed by atoms with Gasteiger partial charge in [-0.3, -0.25) is 4.79 Å². The lowest BCUT2D eigenvalue weighted by atomic mass is 10.1. The summed E-state index contributed by atoms with van der Waals surface area (Å²) in [7, 11) is 1.58. The van der Waals surface area contributed by atoms with Crippen LogP contribution in [0.1, 0.15) is 15.9 Å². The lowest BCUT2D eigenvalue weighted by Crippen LogP contribution is -2.17. The van der Waals surface area contributed by atoms with E-state index in [2.05, 4.69) is 20.5 Å². The average Bonchev–Trinajstić information content (AvgIpc) is 3.18. The van der Waals surface area contributed by atoms with Gasteiger partial charge in [0.15, 0.2) is 5.88 Å². The number of hydrogen-bond acceptors (Lipinski definition) is 4. The van der Waals surface area contributed by atoms with E-state index in [1.54, 1.807) is 25.4 Å². The summed E-state index contributed by atoms with van der Waals surface area (Å²) in [6, 6.07) is 11.1. The first-order chi connectivity index (χ1) is 11.7. The molecule has 24 heavy (non-hydrogen) atoms. The summed E-state index contributed by atoms with van der Waals surface area (Å²) < 4.78 is 0. The molecule has 0 atom stereocenters. The fraction of sp³-hybridized carbons (Fsp3) is 0.0556. The monoisotopic (exact) mass is 318 g/mol. The molecule has 1 aromatic heterocycles. The van der Waals surface area contributed by atoms with Gasteiger partial charge >= 0.3 is 0 Å². The maximum Gasteiger partial charge on any atom is 0.251 e. The number of rotatable bonds is 2. The van der Waals surface area contributed by atoms with E-state index in [4.69, 9.17) is 0 Å². The molecule has 0 saturated carbocycles. The number of azo groups is 1. The standard InChI is InChI=1S/C18H14N4O2/c1-19-17(23)11-4-5-13-14(18(24)21-16(13)8-11)6-10-2-3-12-9-20-22-15(12)7-10/h2-9,21,24H,1H3,(H,19,23)/b10-6+. The number of benzene rings is 2. The minimum Gasteiger partial charge on any atom is -0.494 e. The molecule has 118 valence electrons. The Labute approximate surface area is 136 Å². The molecule has 3 N–H and O–H groups in total. The number of H-pyrrole nitrogens is 1. The number of hydrogen-bond donors (Lipinski definition) is 3. The number of carbonyl (C=O) groups excluding carboxylic acids is 1. The maximum absolute atomic E-state index is 11.7. The summed E-state index contributed by atoms with van der Waals surface area (Å²) in [6.45, 7) is 0. The Kier molecular flexibility index (Phi) is 3.16. The van der Waals surface area contributed by atoms with Crippen molar-refractivity contribution in [2.24, 2.45) is 10.2 Å². The van der Waals surface area contributed by atoms with Gasteiger partial charge < -0.3 is 15.4 Å². The number of carbonyl (C=O) groups is 1. The Balaban J connectivity index is 1.87. The predicted octanol–water partition coefficient (Wildman–Crippen LogP) is 1.90. The van der Waals surface area contributed by atoms with Crippen LogP contribution in [0, 0.1) is 0 Å². The fourth-order valence-electron chi connectivity index (χ4n) is 2.80. The summed E-state index contributed by atoms with van der Waals surface area (Å²) >= 11 is 0. The van der Waals surface area contributed by atoms with Crippen LogP contribution in [0.3, 0.4) is 0 Å². The molecule has 0 spiro atoms. The van der Waals surface area contributed by atoms with Gasteiger partial charge in [-0.25, -0.2) is 0 Å². The number of amides is 1. The van der Waals surface area contributed by atoms with Crippen LogP contribution >= 0.6 is 0 Å². The van der Waals surface area contributed by atoms with Crippen LogP contribution in [-0.4, -0.2) is 23.0 Å². The second-order valence-corrected chi connectivity index (χ2v) is 5.53. The minimum atomic E-state index is -0.170. The first-order valence-electron chi connectivity index (χ1n) is 7.45. The third kappa shape index (κ3) is 2.25. The highest BCUT2D eigenvalue weighted by Gasteiger charge is 2.11. The van der Waals surface area contributed by atoms with Crippen molar-refractivity contribution in [2.75, 3.05) is 7.05 Å². The first kappa shape index (κ1) is 14.2. The van der Waals surface area contributed by atoms with Gasteiger partial charge in [-0.1, -0.05) is 18.2 Å². The molecular weight excluding hydrogens is 304 g/mol. The van der Waals surface area contributed by atoms with Crippen molar-refractivity contribution in [3.8, 4) is 5.88 Å². The Morgan fingerprint density at radius 2 is 2.12 bits per heavy atom. The molecule has 0 radical (unpaired) electrons. The SMILES string of the molecule is CNC(=O)c1ccc2c(/C=c3\ccc4c(c3)N=NC=4)c(O)[nH]c2c1. The summed E-state index contributed by atoms with van der Waals surface area (Å²) in [6.07, 6.45) is 3.59. The number of nitrogens with zero attached hydrogens (tertiary/aromatic N) is 2. The van der Waals surface area contributed by atoms with E-state index in [-0.39, 0.29) is 11.8 Å². The van der Waals surface area contributed by atoms with Gasteiger partial charge in [0.1, 0.15) is 0 Å². The topological polar surface area (TPSA) is 89.8 Å². The van der Waals surface area contributed by atoms with E-state index in [9.17, 15) is 9.90 Å². The second-order valence-electron chi connectivity index (χ2n) is 5.53. The highest BCUT2D eigenvalue weighted by Crippen LogP contribution is 2.28. The molecule has 0 bridgehead atoms. The van der Waals surface area contributed by atoms with Crippen LogP contribution in [0.5, 0.6) is 5.88 Å². The van der Waals surface area contributed by atoms with Crippen LogP contribution in [0.2, 0.25) is 0 Å². The van der Waals surface area contributed by atoms with E-state index in [0.717, 1.165) is 21.5 Å². The normalized spacial score (nSPS) is 13.1. The quantitative estimate of drug-likeness (QED) is 0.673. The van der Waals surface area contributed by atoms with Crippen molar-refractivity contribution in [3.63, 3.8) is 0 Å². The molecule has 4 rings (SSSR count). The van der Waals surface area contributed by atoms with Crippen LogP contribution in [0.25, 0.3) is 23.2 Å². The van der Waals surface area contributed by atoms with Crippen LogP contribution in [-0.2, 0) is 0 Å². The molecule has 2 aromatic carbocycles. The number of aromatic amines is 1. The van der Waals surface area contributed by atoms with Gasteiger partial charge in [-0.15, -0.1) is 0 Å². The van der Waals surface area contributed by atoms with Gasteiger partial charge in [0.2, 0.25) is 0 Å². The van der Waals surface area contributed by atoms with Crippen molar-refractivity contribution in [1.82, 2.24) is 10.3 Å². The van der Waals surface area contributed by atoms with Crippen LogP contribution in [0.15, 0.2) is 46.6 Å². The number of aromatic hydroxyl groups is 1. The summed E-state index contributed by atoms with van der Waals surface area (Å²) in [5.41, 5.74) is 2.72. The zero-order valence-electron chi connectivity index (χ0n) is 12.9. The van der Waals surface area contributed by atoms with E-state index in [1.165, 1.54) is 0 Å². The van der Waals surface area contributed by atoms with E-state index in [0.29, 0.717) is 16.6 Å². The molecule has 0 aliphatic carbocycles. The van der Waals surface area contributed by atoms with E-state index < -0.39 is 0 Å². The van der Waals surface area contributed by atoms with Crippen molar-refractivity contribution in [3.05, 3.63) is 58.0 Å². The molecule has 3 aromatic rings. The van der Waals surface area contributed by atoms with E-state index >= 15 is 0 Å². The smallest absolute Gasteiger partial charge is 0.251 e. The average molecular weight is 318 g/mol. The predicted molar refractivity (Wildman–Crippen MR) is 91.6 cm³/mol. The Morgan fingerprint density at radius 3 is 2.96 bits per heavy atom. The molecule has 0 fully saturated rings. The van der Waals surface area contributed by atoms with Gasteiger partial charge in [-0.2, -0.15) is 10.2 Å². The fourth-order valence-corrected chi connectivity index (χ4v) is 2.80. The van der Waals surface area contributed by atoms with Gasteiger partial charge in [0.05, 0.1) is 11.9 Å². The van der Waals surface area contributed by atoms with Gasteiger partial charge in [0.25, 0.3) is 5.91 Å². The number of aromatic nitrogens is 1. The maximum atomic E-state index is 11.7. The highest BCUT2D eigenvalue weighted by atomic mass is 16.3. The summed E-state index contributed by atoms with van der Waals surface area (Å²) in [4.78, 5) is 14.6. The lowest BCUT2D eigenvalue weighted by Gasteiger charge is -1.99. The molecule has 0 unspecified atom stereocenters. The van der Waals surface area contributed by atoms with Crippen LogP contribution < -0.4 is 15.8 Å². The molecule has 6 nitrogen and oxygen atoms in total. The van der Waals surface area contributed by atoms with Crippen LogP contribution in [0.4, 0.5) is 5.69 Å². The number of nitrogens with one attached hydrogen (secondary N) is 2. The van der Waals surface area contributed by atoms with Crippen molar-refractivity contribution < 1.29 is 9.90 Å². The lowest BCUT2D eigenvalue weighted by molar-refractivity contribution is 0.0963. The van der Waals surface area contributed by atoms with E-state index in [1.807, 2.05) is 30.3 Å². The Bertz CT molecular complexity index is 1130. The third-order valence-electron chi connectivity index (χ3n) is 4.03. The molecule has 1 aliphatic heterocycles. The Hall–Kier alpha value is -3.41. The highest BCUT2D eigenvalue weighted by molar-refractivity contribution is 6.00. The molecular formula is C18H14N4O2. The molecule has 0 saturated heterocycles. The molecule has 1 amide bonds. The Morgan fingerprint density at radius 1 is 1.25 bits per heavy atom. The zero-order chi connectivity index (χ0) is 16.7. The second kappa shape index (κ2) is 5.34. The van der Waals surface area contributed by atoms with Gasteiger partial charge in [0, 0.05) is 34.3 Å². The molecule has 6 heteroatoms. The molecule has 2 heterocycles. The summed E-state index contributed by atoms with van der Waals surface area (Å²) in [5.74, 6) is -0.107. The minimum absolute atomic E-state index is 0.0627. The third-order valence-corrected chi connectivity index (χ3v) is 4.03. The number of fused-ring (bicyclic) bond motifs is 2. The van der Waals surface area contributed by atoms with Crippen molar-refractivity contribution in [1.29, 1.82) is 0 Å².